The molecule has 0 saturated carbocycles. The molecule has 0 aliphatic heterocycles. The molecule has 1 atom stereocenters. The minimum absolute atomic E-state index is 0.00764. The molecule has 1 unspecified atom stereocenters. The third-order valence-corrected chi connectivity index (χ3v) is 3.07. The van der Waals surface area contributed by atoms with Crippen LogP contribution in [0.1, 0.15) is 67.2 Å². The summed E-state index contributed by atoms with van der Waals surface area (Å²) in [5.41, 5.74) is 7.17. The molecule has 0 saturated heterocycles. The molecule has 0 aromatic heterocycles. The molecule has 0 aromatic carbocycles. The van der Waals surface area contributed by atoms with E-state index in [9.17, 15) is 9.90 Å². The summed E-state index contributed by atoms with van der Waals surface area (Å²) in [5.74, 6) is -0.00764. The summed E-state index contributed by atoms with van der Waals surface area (Å²) in [6, 6.07) is 0. The Kier molecular flexibility index (Phi) is 20.9. The van der Waals surface area contributed by atoms with Crippen molar-refractivity contribution in [2.24, 2.45) is 5.73 Å². The van der Waals surface area contributed by atoms with Crippen molar-refractivity contribution in [2.75, 3.05) is 7.05 Å². The number of carbonyl (C=O) groups excluding carboxylic acids is 1. The Morgan fingerprint density at radius 1 is 1.23 bits per heavy atom. The number of carbonyl (C=O) groups is 1. The van der Waals surface area contributed by atoms with Crippen LogP contribution in [0, 0.1) is 0 Å². The predicted molar refractivity (Wildman–Crippen MR) is 98.9 cm³/mol. The standard InChI is InChI=1S/C14H20O2.2C2H6.CH5N/c1-4-12(11(3)15)9-13-10(2)7-5-6-8-14(13)16;3*1-2/h4,9,14,16H,1,5-8H2,2-3H3;2*1-2H3;2H2,1H3/b12-9+;;;. The molecule has 1 aliphatic rings. The molecular weight excluding hydrogens is 274 g/mol. The van der Waals surface area contributed by atoms with Crippen molar-refractivity contribution in [3.63, 3.8) is 0 Å². The number of aliphatic hydroxyl groups is 1. The molecule has 3 nitrogen and oxygen atoms in total. The molecular formula is C19H37NO2. The van der Waals surface area contributed by atoms with E-state index >= 15 is 0 Å². The molecule has 0 radical (unpaired) electrons. The number of ketones is 1. The van der Waals surface area contributed by atoms with Crippen molar-refractivity contribution in [3.05, 3.63) is 35.5 Å². The highest BCUT2D eigenvalue weighted by Gasteiger charge is 2.16. The second-order valence-electron chi connectivity index (χ2n) is 4.36. The minimum atomic E-state index is -0.434. The summed E-state index contributed by atoms with van der Waals surface area (Å²) in [5, 5.41) is 10.00. The van der Waals surface area contributed by atoms with Crippen LogP contribution in [-0.2, 0) is 4.79 Å². The Morgan fingerprint density at radius 2 is 1.73 bits per heavy atom. The zero-order valence-corrected chi connectivity index (χ0v) is 15.7. The first kappa shape index (κ1) is 25.7. The first-order chi connectivity index (χ1) is 10.6. The lowest BCUT2D eigenvalue weighted by atomic mass is 9.98. The average molecular weight is 312 g/mol. The van der Waals surface area contributed by atoms with E-state index in [4.69, 9.17) is 0 Å². The van der Waals surface area contributed by atoms with Gasteiger partial charge in [0.25, 0.3) is 0 Å². The highest BCUT2D eigenvalue weighted by Crippen LogP contribution is 2.25. The largest absolute Gasteiger partial charge is 0.388 e. The summed E-state index contributed by atoms with van der Waals surface area (Å²) < 4.78 is 0. The Balaban J connectivity index is -0.000000535. The molecule has 130 valence electrons. The second kappa shape index (κ2) is 17.9. The molecule has 3 N–H and O–H groups in total. The Morgan fingerprint density at radius 3 is 2.14 bits per heavy atom. The monoisotopic (exact) mass is 311 g/mol. The van der Waals surface area contributed by atoms with Gasteiger partial charge in [-0.2, -0.15) is 0 Å². The predicted octanol–water partition coefficient (Wildman–Crippen LogP) is 4.57. The van der Waals surface area contributed by atoms with Crippen molar-refractivity contribution < 1.29 is 9.90 Å². The van der Waals surface area contributed by atoms with Crippen LogP contribution in [0.3, 0.4) is 0 Å². The lowest BCUT2D eigenvalue weighted by Gasteiger charge is -2.12. The second-order valence-corrected chi connectivity index (χ2v) is 4.36. The maximum atomic E-state index is 11.3. The van der Waals surface area contributed by atoms with E-state index in [2.05, 4.69) is 12.3 Å². The van der Waals surface area contributed by atoms with Gasteiger partial charge in [-0.15, -0.1) is 0 Å². The highest BCUT2D eigenvalue weighted by atomic mass is 16.3. The van der Waals surface area contributed by atoms with Gasteiger partial charge in [-0.25, -0.2) is 0 Å². The number of hydrogen-bond acceptors (Lipinski definition) is 3. The fourth-order valence-electron chi connectivity index (χ4n) is 2.00. The van der Waals surface area contributed by atoms with Crippen molar-refractivity contribution >= 4 is 5.78 Å². The highest BCUT2D eigenvalue weighted by molar-refractivity contribution is 5.96. The minimum Gasteiger partial charge on any atom is -0.388 e. The lowest BCUT2D eigenvalue weighted by Crippen LogP contribution is -2.10. The van der Waals surface area contributed by atoms with Crippen LogP contribution in [0.5, 0.6) is 0 Å². The van der Waals surface area contributed by atoms with Gasteiger partial charge in [0, 0.05) is 5.57 Å². The SMILES string of the molecule is C=C/C(=C\C1=C(C)CCCCC1O)C(C)=O.CC.CC.CN. The molecule has 1 aliphatic carbocycles. The first-order valence-electron chi connectivity index (χ1n) is 8.36. The molecule has 0 heterocycles. The number of allylic oxidation sites excluding steroid dienone is 3. The van der Waals surface area contributed by atoms with E-state index in [1.54, 1.807) is 12.2 Å². The van der Waals surface area contributed by atoms with Gasteiger partial charge in [-0.05, 0) is 51.8 Å². The number of aliphatic hydroxyl groups excluding tert-OH is 1. The van der Waals surface area contributed by atoms with E-state index in [0.29, 0.717) is 5.57 Å². The van der Waals surface area contributed by atoms with Crippen LogP contribution in [-0.4, -0.2) is 24.0 Å². The summed E-state index contributed by atoms with van der Waals surface area (Å²) in [4.78, 5) is 11.3. The van der Waals surface area contributed by atoms with E-state index in [1.807, 2.05) is 34.6 Å². The van der Waals surface area contributed by atoms with Crippen LogP contribution < -0.4 is 5.73 Å². The smallest absolute Gasteiger partial charge is 0.159 e. The van der Waals surface area contributed by atoms with Crippen LogP contribution >= 0.6 is 0 Å². The maximum Gasteiger partial charge on any atom is 0.159 e. The zero-order valence-electron chi connectivity index (χ0n) is 15.7. The quantitative estimate of drug-likeness (QED) is 0.593. The van der Waals surface area contributed by atoms with Gasteiger partial charge in [0.1, 0.15) is 0 Å². The van der Waals surface area contributed by atoms with Crippen molar-refractivity contribution in [2.45, 2.75) is 73.3 Å². The van der Waals surface area contributed by atoms with E-state index in [0.717, 1.165) is 31.3 Å². The van der Waals surface area contributed by atoms with E-state index < -0.39 is 6.10 Å². The van der Waals surface area contributed by atoms with Crippen molar-refractivity contribution in [1.29, 1.82) is 0 Å². The summed E-state index contributed by atoms with van der Waals surface area (Å²) in [6.07, 6.45) is 6.86. The summed E-state index contributed by atoms with van der Waals surface area (Å²) in [7, 11) is 1.50. The van der Waals surface area contributed by atoms with Gasteiger partial charge < -0.3 is 10.8 Å². The molecule has 0 amide bonds. The van der Waals surface area contributed by atoms with Gasteiger partial charge in [-0.1, -0.05) is 52.3 Å². The molecule has 1 rings (SSSR count). The van der Waals surface area contributed by atoms with E-state index in [1.165, 1.54) is 19.5 Å². The summed E-state index contributed by atoms with van der Waals surface area (Å²) >= 11 is 0. The van der Waals surface area contributed by atoms with Crippen LogP contribution in [0.4, 0.5) is 0 Å². The van der Waals surface area contributed by atoms with Crippen LogP contribution in [0.15, 0.2) is 35.5 Å². The molecule has 0 fully saturated rings. The first-order valence-corrected chi connectivity index (χ1v) is 8.36. The Hall–Kier alpha value is -1.19. The lowest BCUT2D eigenvalue weighted by molar-refractivity contribution is -0.113. The molecule has 0 spiro atoms. The van der Waals surface area contributed by atoms with Crippen molar-refractivity contribution in [1.82, 2.24) is 0 Å². The van der Waals surface area contributed by atoms with Gasteiger partial charge >= 0.3 is 0 Å². The van der Waals surface area contributed by atoms with Crippen molar-refractivity contribution in [3.8, 4) is 0 Å². The van der Waals surface area contributed by atoms with Crippen LogP contribution in [0.25, 0.3) is 0 Å². The molecule has 0 bridgehead atoms. The van der Waals surface area contributed by atoms with Gasteiger partial charge in [0.05, 0.1) is 6.10 Å². The normalized spacial score (nSPS) is 17.5. The molecule has 3 heteroatoms. The number of nitrogens with two attached hydrogens (primary N) is 1. The fourth-order valence-corrected chi connectivity index (χ4v) is 2.00. The molecule has 22 heavy (non-hydrogen) atoms. The summed E-state index contributed by atoms with van der Waals surface area (Å²) in [6.45, 7) is 15.2. The average Bonchev–Trinajstić information content (AvgIpc) is 2.72. The number of rotatable bonds is 3. The van der Waals surface area contributed by atoms with Gasteiger partial charge in [0.15, 0.2) is 5.78 Å². The Bertz CT molecular complexity index is 354. The Labute approximate surface area is 138 Å². The third kappa shape index (κ3) is 10.5. The number of Topliss-reactive ketones (excluding diaryl/α,β-unsaturated/α-hetero) is 1. The van der Waals surface area contributed by atoms with Gasteiger partial charge in [-0.3, -0.25) is 4.79 Å². The fraction of sp³-hybridized carbons (Fsp3) is 0.632. The maximum absolute atomic E-state index is 11.3. The molecule has 0 aromatic rings. The van der Waals surface area contributed by atoms with Gasteiger partial charge in [0.2, 0.25) is 0 Å². The topological polar surface area (TPSA) is 63.3 Å². The third-order valence-electron chi connectivity index (χ3n) is 3.07. The zero-order chi connectivity index (χ0) is 18.1. The number of hydrogen-bond donors (Lipinski definition) is 2. The van der Waals surface area contributed by atoms with Crippen LogP contribution in [0.2, 0.25) is 0 Å². The van der Waals surface area contributed by atoms with E-state index in [-0.39, 0.29) is 5.78 Å².